The molecule has 2 aromatic rings. The normalized spacial score (nSPS) is 17.3. The van der Waals surface area contributed by atoms with Crippen molar-refractivity contribution in [3.05, 3.63) is 42.1 Å². The van der Waals surface area contributed by atoms with Crippen LogP contribution < -0.4 is 9.64 Å². The van der Waals surface area contributed by atoms with Crippen LogP contribution in [0.3, 0.4) is 0 Å². The number of benzene rings is 1. The van der Waals surface area contributed by atoms with Gasteiger partial charge in [-0.25, -0.2) is 4.98 Å². The average molecular weight is 371 g/mol. The molecule has 27 heavy (non-hydrogen) atoms. The number of nitrogens with zero attached hydrogens (tertiary/aromatic N) is 3. The third-order valence-electron chi connectivity index (χ3n) is 4.92. The molecule has 0 spiro atoms. The lowest BCUT2D eigenvalue weighted by atomic mass is 10.0. The molecule has 1 atom stereocenters. The van der Waals surface area contributed by atoms with E-state index < -0.39 is 0 Å². The van der Waals surface area contributed by atoms with Gasteiger partial charge in [-0.2, -0.15) is 0 Å². The minimum atomic E-state index is -0.254. The zero-order chi connectivity index (χ0) is 19.4. The number of oxazole rings is 1. The van der Waals surface area contributed by atoms with Gasteiger partial charge in [0.25, 0.3) is 5.91 Å². The van der Waals surface area contributed by atoms with E-state index in [0.717, 1.165) is 24.9 Å². The molecule has 1 saturated heterocycles. The second-order valence-corrected chi connectivity index (χ2v) is 6.66. The van der Waals surface area contributed by atoms with Crippen molar-refractivity contribution in [3.63, 3.8) is 0 Å². The highest BCUT2D eigenvalue weighted by Gasteiger charge is 2.37. The molecule has 1 aliphatic heterocycles. The second kappa shape index (κ2) is 8.24. The van der Waals surface area contributed by atoms with Crippen LogP contribution in [0.2, 0.25) is 0 Å². The predicted octanol–water partition coefficient (Wildman–Crippen LogP) is 3.04. The van der Waals surface area contributed by atoms with Crippen LogP contribution in [-0.2, 0) is 4.79 Å². The van der Waals surface area contributed by atoms with Gasteiger partial charge in [-0.15, -0.1) is 0 Å². The minimum Gasteiger partial charge on any atom is -0.495 e. The first-order valence-corrected chi connectivity index (χ1v) is 9.21. The van der Waals surface area contributed by atoms with Gasteiger partial charge < -0.3 is 19.0 Å². The molecule has 0 N–H and O–H groups in total. The molecule has 0 radical (unpaired) electrons. The molecule has 3 rings (SSSR count). The molecular weight excluding hydrogens is 346 g/mol. The molecule has 1 aromatic heterocycles. The van der Waals surface area contributed by atoms with Gasteiger partial charge in [0, 0.05) is 6.54 Å². The van der Waals surface area contributed by atoms with E-state index in [2.05, 4.69) is 11.9 Å². The maximum Gasteiger partial charge on any atom is 0.276 e. The lowest BCUT2D eigenvalue weighted by Crippen LogP contribution is -2.58. The highest BCUT2D eigenvalue weighted by Crippen LogP contribution is 2.31. The lowest BCUT2D eigenvalue weighted by molar-refractivity contribution is -0.121. The smallest absolute Gasteiger partial charge is 0.276 e. The van der Waals surface area contributed by atoms with Crippen molar-refractivity contribution in [1.82, 2.24) is 9.88 Å². The molecule has 2 amide bonds. The number of carbonyl (C=O) groups is 2. The number of amides is 2. The number of piperazine rings is 1. The molecule has 1 fully saturated rings. The Morgan fingerprint density at radius 1 is 1.37 bits per heavy atom. The third kappa shape index (κ3) is 3.82. The Kier molecular flexibility index (Phi) is 5.78. The minimum absolute atomic E-state index is 0.0115. The lowest BCUT2D eigenvalue weighted by Gasteiger charge is -2.41. The predicted molar refractivity (Wildman–Crippen MR) is 101 cm³/mol. The van der Waals surface area contributed by atoms with E-state index in [-0.39, 0.29) is 30.1 Å². The Balaban J connectivity index is 1.89. The number of anilines is 1. The largest absolute Gasteiger partial charge is 0.495 e. The molecular formula is C20H25N3O4. The number of carbonyl (C=O) groups excluding carboxylic acids is 2. The van der Waals surface area contributed by atoms with Crippen LogP contribution in [0.4, 0.5) is 5.69 Å². The van der Waals surface area contributed by atoms with E-state index in [1.165, 1.54) is 6.39 Å². The van der Waals surface area contributed by atoms with E-state index in [9.17, 15) is 9.59 Å². The van der Waals surface area contributed by atoms with Crippen molar-refractivity contribution in [2.24, 2.45) is 0 Å². The number of aromatic nitrogens is 1. The quantitative estimate of drug-likeness (QED) is 0.780. The summed E-state index contributed by atoms with van der Waals surface area (Å²) in [6, 6.07) is 7.36. The summed E-state index contributed by atoms with van der Waals surface area (Å²) in [7, 11) is 1.59. The summed E-state index contributed by atoms with van der Waals surface area (Å²) >= 11 is 0. The fourth-order valence-electron chi connectivity index (χ4n) is 3.43. The summed E-state index contributed by atoms with van der Waals surface area (Å²) < 4.78 is 10.6. The Morgan fingerprint density at radius 2 is 2.15 bits per heavy atom. The topological polar surface area (TPSA) is 75.9 Å². The second-order valence-electron chi connectivity index (χ2n) is 6.66. The van der Waals surface area contributed by atoms with E-state index in [0.29, 0.717) is 18.1 Å². The van der Waals surface area contributed by atoms with Gasteiger partial charge >= 0.3 is 0 Å². The molecule has 1 aliphatic rings. The molecule has 0 unspecified atom stereocenters. The van der Waals surface area contributed by atoms with Crippen LogP contribution >= 0.6 is 0 Å². The SMILES string of the molecule is CCCC[C@@H]1CN(c2ccccc2OC)C(=O)CN1C(=O)c1ncoc1C. The number of unbranched alkanes of at least 4 members (excludes halogenated alkanes) is 1. The van der Waals surface area contributed by atoms with Gasteiger partial charge in [-0.05, 0) is 25.5 Å². The van der Waals surface area contributed by atoms with E-state index in [1.54, 1.807) is 23.8 Å². The third-order valence-corrected chi connectivity index (χ3v) is 4.92. The van der Waals surface area contributed by atoms with Crippen LogP contribution in [0.25, 0.3) is 0 Å². The number of ether oxygens (including phenoxy) is 1. The summed E-state index contributed by atoms with van der Waals surface area (Å²) in [4.78, 5) is 33.2. The zero-order valence-corrected chi connectivity index (χ0v) is 16.0. The molecule has 0 bridgehead atoms. The standard InChI is InChI=1S/C20H25N3O4/c1-4-5-8-15-11-23(16-9-6-7-10-17(16)26-3)18(24)12-22(15)20(25)19-14(2)27-13-21-19/h6-7,9-10,13,15H,4-5,8,11-12H2,1-3H3/t15-/m1/s1. The molecule has 144 valence electrons. The zero-order valence-electron chi connectivity index (χ0n) is 16.0. The Labute approximate surface area is 158 Å². The van der Waals surface area contributed by atoms with Crippen molar-refractivity contribution < 1.29 is 18.7 Å². The first-order chi connectivity index (χ1) is 13.1. The molecule has 2 heterocycles. The summed E-state index contributed by atoms with van der Waals surface area (Å²) in [5.74, 6) is 0.721. The van der Waals surface area contributed by atoms with Crippen molar-refractivity contribution in [2.45, 2.75) is 39.2 Å². The van der Waals surface area contributed by atoms with Crippen molar-refractivity contribution in [1.29, 1.82) is 0 Å². The first kappa shape index (κ1) is 18.9. The van der Waals surface area contributed by atoms with Gasteiger partial charge in [0.2, 0.25) is 5.91 Å². The summed E-state index contributed by atoms with van der Waals surface area (Å²) in [5.41, 5.74) is 1.01. The van der Waals surface area contributed by atoms with Crippen molar-refractivity contribution in [2.75, 3.05) is 25.1 Å². The Bertz CT molecular complexity index is 817. The summed E-state index contributed by atoms with van der Waals surface area (Å²) in [6.45, 7) is 4.26. The summed E-state index contributed by atoms with van der Waals surface area (Å²) in [5, 5.41) is 0. The van der Waals surface area contributed by atoms with Crippen LogP contribution in [0.1, 0.15) is 42.4 Å². The number of aryl methyl sites for hydroxylation is 1. The molecule has 7 nitrogen and oxygen atoms in total. The molecule has 7 heteroatoms. The van der Waals surface area contributed by atoms with E-state index >= 15 is 0 Å². The number of para-hydroxylation sites is 2. The maximum atomic E-state index is 13.0. The van der Waals surface area contributed by atoms with Crippen molar-refractivity contribution in [3.8, 4) is 5.75 Å². The fraction of sp³-hybridized carbons (Fsp3) is 0.450. The van der Waals surface area contributed by atoms with Crippen LogP contribution in [0.15, 0.2) is 35.1 Å². The monoisotopic (exact) mass is 371 g/mol. The van der Waals surface area contributed by atoms with Gasteiger partial charge in [-0.1, -0.05) is 31.9 Å². The molecule has 0 saturated carbocycles. The maximum absolute atomic E-state index is 13.0. The molecule has 1 aromatic carbocycles. The number of hydrogen-bond acceptors (Lipinski definition) is 5. The summed E-state index contributed by atoms with van der Waals surface area (Å²) in [6.07, 6.45) is 4.07. The highest BCUT2D eigenvalue weighted by atomic mass is 16.5. The van der Waals surface area contributed by atoms with Gasteiger partial charge in [0.1, 0.15) is 18.1 Å². The highest BCUT2D eigenvalue weighted by molar-refractivity contribution is 6.02. The molecule has 0 aliphatic carbocycles. The van der Waals surface area contributed by atoms with Crippen LogP contribution in [-0.4, -0.2) is 47.9 Å². The fourth-order valence-corrected chi connectivity index (χ4v) is 3.43. The first-order valence-electron chi connectivity index (χ1n) is 9.21. The van der Waals surface area contributed by atoms with Gasteiger partial charge in [-0.3, -0.25) is 9.59 Å². The van der Waals surface area contributed by atoms with E-state index in [1.807, 2.05) is 24.3 Å². The van der Waals surface area contributed by atoms with Crippen molar-refractivity contribution >= 4 is 17.5 Å². The number of rotatable bonds is 6. The van der Waals surface area contributed by atoms with E-state index in [4.69, 9.17) is 9.15 Å². The van der Waals surface area contributed by atoms with Crippen LogP contribution in [0, 0.1) is 6.92 Å². The number of hydrogen-bond donors (Lipinski definition) is 0. The Morgan fingerprint density at radius 3 is 2.81 bits per heavy atom. The number of methoxy groups -OCH3 is 1. The average Bonchev–Trinajstić information content (AvgIpc) is 3.12. The Hall–Kier alpha value is -2.83. The van der Waals surface area contributed by atoms with Gasteiger partial charge in [0.15, 0.2) is 12.1 Å². The van der Waals surface area contributed by atoms with Gasteiger partial charge in [0.05, 0.1) is 18.8 Å². The van der Waals surface area contributed by atoms with Crippen LogP contribution in [0.5, 0.6) is 5.75 Å².